The maximum Gasteiger partial charge on any atom is 0.274 e. The lowest BCUT2D eigenvalue weighted by atomic mass is 10.0. The fourth-order valence-corrected chi connectivity index (χ4v) is 3.21. The standard InChI is InChI=1S/C23H26N4O2/c1-15-12-16(2)21(17(3)13-15)27-23(28)19-14-20(24-10-11-29-4)26-22(25-19)18-8-6-5-7-9-18/h5-9,12-14H,10-11H2,1-4H3,(H,27,28)(H,24,25,26). The highest BCUT2D eigenvalue weighted by Gasteiger charge is 2.15. The van der Waals surface area contributed by atoms with Crippen molar-refractivity contribution < 1.29 is 9.53 Å². The first-order valence-corrected chi connectivity index (χ1v) is 9.54. The molecule has 2 N–H and O–H groups in total. The number of ether oxygens (including phenoxy) is 1. The lowest BCUT2D eigenvalue weighted by Crippen LogP contribution is -2.18. The van der Waals surface area contributed by atoms with Gasteiger partial charge in [-0.2, -0.15) is 0 Å². The Labute approximate surface area is 171 Å². The SMILES string of the molecule is COCCNc1cc(C(=O)Nc2c(C)cc(C)cc2C)nc(-c2ccccc2)n1. The molecule has 6 nitrogen and oxygen atoms in total. The number of amides is 1. The Kier molecular flexibility index (Phi) is 6.57. The van der Waals surface area contributed by atoms with E-state index < -0.39 is 0 Å². The molecule has 0 fully saturated rings. The number of aromatic nitrogens is 2. The quantitative estimate of drug-likeness (QED) is 0.586. The second-order valence-corrected chi connectivity index (χ2v) is 6.98. The number of aryl methyl sites for hydroxylation is 3. The van der Waals surface area contributed by atoms with Crippen molar-refractivity contribution in [3.05, 3.63) is 70.9 Å². The van der Waals surface area contributed by atoms with Crippen molar-refractivity contribution in [1.82, 2.24) is 9.97 Å². The Morgan fingerprint density at radius 1 is 1.00 bits per heavy atom. The summed E-state index contributed by atoms with van der Waals surface area (Å²) in [6, 6.07) is 15.4. The molecule has 1 aromatic heterocycles. The van der Waals surface area contributed by atoms with Crippen LogP contribution in [-0.4, -0.2) is 36.1 Å². The minimum absolute atomic E-state index is 0.269. The lowest BCUT2D eigenvalue weighted by molar-refractivity contribution is 0.102. The van der Waals surface area contributed by atoms with Crippen LogP contribution in [0.4, 0.5) is 11.5 Å². The van der Waals surface area contributed by atoms with Crippen molar-refractivity contribution in [2.45, 2.75) is 20.8 Å². The van der Waals surface area contributed by atoms with Crippen LogP contribution in [0, 0.1) is 20.8 Å². The minimum atomic E-state index is -0.269. The van der Waals surface area contributed by atoms with Gasteiger partial charge < -0.3 is 15.4 Å². The van der Waals surface area contributed by atoms with E-state index in [0.29, 0.717) is 30.5 Å². The maximum atomic E-state index is 13.0. The van der Waals surface area contributed by atoms with Crippen LogP contribution in [0.2, 0.25) is 0 Å². The summed E-state index contributed by atoms with van der Waals surface area (Å²) >= 11 is 0. The summed E-state index contributed by atoms with van der Waals surface area (Å²) in [5.41, 5.74) is 5.17. The molecule has 0 aliphatic heterocycles. The van der Waals surface area contributed by atoms with Gasteiger partial charge >= 0.3 is 0 Å². The Morgan fingerprint density at radius 3 is 2.34 bits per heavy atom. The summed E-state index contributed by atoms with van der Waals surface area (Å²) in [5.74, 6) is 0.809. The van der Waals surface area contributed by atoms with Crippen LogP contribution in [-0.2, 0) is 4.74 Å². The van der Waals surface area contributed by atoms with Gasteiger partial charge in [0, 0.05) is 31.0 Å². The third-order valence-corrected chi connectivity index (χ3v) is 4.52. The number of nitrogens with one attached hydrogen (secondary N) is 2. The van der Waals surface area contributed by atoms with Crippen molar-refractivity contribution in [3.63, 3.8) is 0 Å². The molecule has 150 valence electrons. The first kappa shape index (κ1) is 20.5. The van der Waals surface area contributed by atoms with E-state index in [1.54, 1.807) is 13.2 Å². The topological polar surface area (TPSA) is 76.1 Å². The molecule has 3 aromatic rings. The smallest absolute Gasteiger partial charge is 0.274 e. The Balaban J connectivity index is 1.94. The minimum Gasteiger partial charge on any atom is -0.383 e. The van der Waals surface area contributed by atoms with Crippen molar-refractivity contribution in [1.29, 1.82) is 0 Å². The number of anilines is 2. The van der Waals surface area contributed by atoms with E-state index >= 15 is 0 Å². The molecule has 0 saturated heterocycles. The van der Waals surface area contributed by atoms with Gasteiger partial charge in [-0.05, 0) is 31.9 Å². The molecule has 0 bridgehead atoms. The highest BCUT2D eigenvalue weighted by Crippen LogP contribution is 2.23. The summed E-state index contributed by atoms with van der Waals surface area (Å²) < 4.78 is 5.09. The fourth-order valence-electron chi connectivity index (χ4n) is 3.21. The molecule has 0 atom stereocenters. The summed E-state index contributed by atoms with van der Waals surface area (Å²) in [6.07, 6.45) is 0. The Hall–Kier alpha value is -3.25. The molecule has 0 unspecified atom stereocenters. The van der Waals surface area contributed by atoms with Crippen LogP contribution in [0.1, 0.15) is 27.2 Å². The number of rotatable bonds is 7. The first-order valence-electron chi connectivity index (χ1n) is 9.54. The molecule has 6 heteroatoms. The van der Waals surface area contributed by atoms with E-state index in [2.05, 4.69) is 32.7 Å². The van der Waals surface area contributed by atoms with E-state index in [9.17, 15) is 4.79 Å². The average Bonchev–Trinajstić information content (AvgIpc) is 2.71. The molecule has 0 aliphatic carbocycles. The predicted molar refractivity (Wildman–Crippen MR) is 116 cm³/mol. The van der Waals surface area contributed by atoms with Gasteiger partial charge in [-0.15, -0.1) is 0 Å². The number of hydrogen-bond donors (Lipinski definition) is 2. The third-order valence-electron chi connectivity index (χ3n) is 4.52. The van der Waals surface area contributed by atoms with E-state index in [0.717, 1.165) is 27.9 Å². The number of benzene rings is 2. The van der Waals surface area contributed by atoms with Gasteiger partial charge in [-0.25, -0.2) is 9.97 Å². The Bertz CT molecular complexity index is 980. The lowest BCUT2D eigenvalue weighted by Gasteiger charge is -2.14. The van der Waals surface area contributed by atoms with E-state index in [-0.39, 0.29) is 5.91 Å². The molecular formula is C23H26N4O2. The average molecular weight is 390 g/mol. The zero-order valence-corrected chi connectivity index (χ0v) is 17.2. The molecule has 0 saturated carbocycles. The van der Waals surface area contributed by atoms with Crippen molar-refractivity contribution >= 4 is 17.4 Å². The van der Waals surface area contributed by atoms with E-state index in [1.165, 1.54) is 0 Å². The molecule has 1 amide bonds. The maximum absolute atomic E-state index is 13.0. The molecule has 0 aliphatic rings. The van der Waals surface area contributed by atoms with Crippen LogP contribution in [0.25, 0.3) is 11.4 Å². The number of methoxy groups -OCH3 is 1. The van der Waals surface area contributed by atoms with Crippen molar-refractivity contribution in [3.8, 4) is 11.4 Å². The zero-order valence-electron chi connectivity index (χ0n) is 17.2. The largest absolute Gasteiger partial charge is 0.383 e. The van der Waals surface area contributed by atoms with Gasteiger partial charge in [0.05, 0.1) is 6.61 Å². The summed E-state index contributed by atoms with van der Waals surface area (Å²) in [7, 11) is 1.64. The highest BCUT2D eigenvalue weighted by molar-refractivity contribution is 6.04. The molecule has 29 heavy (non-hydrogen) atoms. The summed E-state index contributed by atoms with van der Waals surface area (Å²) in [4.78, 5) is 22.1. The molecule has 0 radical (unpaired) electrons. The molecule has 2 aromatic carbocycles. The van der Waals surface area contributed by atoms with Gasteiger partial charge in [0.2, 0.25) is 0 Å². The second-order valence-electron chi connectivity index (χ2n) is 6.98. The van der Waals surface area contributed by atoms with Gasteiger partial charge in [0.25, 0.3) is 5.91 Å². The van der Waals surface area contributed by atoms with Gasteiger partial charge in [-0.1, -0.05) is 48.0 Å². The van der Waals surface area contributed by atoms with Crippen LogP contribution in [0.15, 0.2) is 48.5 Å². The first-order chi connectivity index (χ1) is 14.0. The zero-order chi connectivity index (χ0) is 20.8. The number of hydrogen-bond acceptors (Lipinski definition) is 5. The Morgan fingerprint density at radius 2 is 1.69 bits per heavy atom. The molecular weight excluding hydrogens is 364 g/mol. The summed E-state index contributed by atoms with van der Waals surface area (Å²) in [6.45, 7) is 7.14. The molecule has 3 rings (SSSR count). The summed E-state index contributed by atoms with van der Waals surface area (Å²) in [5, 5.41) is 6.20. The monoisotopic (exact) mass is 390 g/mol. The third kappa shape index (κ3) is 5.18. The van der Waals surface area contributed by atoms with Crippen molar-refractivity contribution in [2.75, 3.05) is 30.9 Å². The number of carbonyl (C=O) groups is 1. The van der Waals surface area contributed by atoms with Crippen LogP contribution in [0.3, 0.4) is 0 Å². The fraction of sp³-hybridized carbons (Fsp3) is 0.261. The van der Waals surface area contributed by atoms with Crippen LogP contribution < -0.4 is 10.6 Å². The number of nitrogens with zero attached hydrogens (tertiary/aromatic N) is 2. The van der Waals surface area contributed by atoms with Crippen LogP contribution in [0.5, 0.6) is 0 Å². The number of carbonyl (C=O) groups excluding carboxylic acids is 1. The highest BCUT2D eigenvalue weighted by atomic mass is 16.5. The normalized spacial score (nSPS) is 10.6. The molecule has 0 spiro atoms. The van der Waals surface area contributed by atoms with Crippen molar-refractivity contribution in [2.24, 2.45) is 0 Å². The van der Waals surface area contributed by atoms with Gasteiger partial charge in [0.15, 0.2) is 5.82 Å². The predicted octanol–water partition coefficient (Wildman–Crippen LogP) is 4.38. The molecule has 1 heterocycles. The second kappa shape index (κ2) is 9.30. The van der Waals surface area contributed by atoms with Gasteiger partial charge in [-0.3, -0.25) is 4.79 Å². The van der Waals surface area contributed by atoms with E-state index in [1.807, 2.05) is 51.1 Å². The van der Waals surface area contributed by atoms with Crippen LogP contribution >= 0.6 is 0 Å². The van der Waals surface area contributed by atoms with E-state index in [4.69, 9.17) is 4.74 Å². The van der Waals surface area contributed by atoms with Gasteiger partial charge in [0.1, 0.15) is 11.5 Å².